The van der Waals surface area contributed by atoms with Crippen LogP contribution in [0.15, 0.2) is 24.3 Å². The fourth-order valence-corrected chi connectivity index (χ4v) is 1.69. The van der Waals surface area contributed by atoms with Crippen LogP contribution in [0.4, 0.5) is 4.39 Å². The fraction of sp³-hybridized carbons (Fsp3) is 0.500. The minimum atomic E-state index is -0.545. The molecule has 0 heterocycles. The summed E-state index contributed by atoms with van der Waals surface area (Å²) in [5, 5.41) is 0. The first-order chi connectivity index (χ1) is 8.36. The molecule has 2 N–H and O–H groups in total. The molecule has 4 heteroatoms. The summed E-state index contributed by atoms with van der Waals surface area (Å²) >= 11 is 0. The van der Waals surface area contributed by atoms with Gasteiger partial charge in [-0.2, -0.15) is 0 Å². The van der Waals surface area contributed by atoms with E-state index in [2.05, 4.69) is 0 Å². The predicted molar refractivity (Wildman–Crippen MR) is 70.6 cm³/mol. The van der Waals surface area contributed by atoms with Gasteiger partial charge in [0, 0.05) is 20.1 Å². The van der Waals surface area contributed by atoms with Gasteiger partial charge in [-0.05, 0) is 38.0 Å². The molecular weight excluding hydrogens is 231 g/mol. The van der Waals surface area contributed by atoms with Crippen molar-refractivity contribution in [2.24, 2.45) is 11.1 Å². The third-order valence-electron chi connectivity index (χ3n) is 3.06. The first-order valence-electron chi connectivity index (χ1n) is 6.07. The van der Waals surface area contributed by atoms with E-state index in [9.17, 15) is 9.18 Å². The summed E-state index contributed by atoms with van der Waals surface area (Å²) in [5.74, 6) is -0.231. The van der Waals surface area contributed by atoms with Crippen molar-refractivity contribution in [1.82, 2.24) is 4.90 Å². The number of hydrogen-bond donors (Lipinski definition) is 1. The summed E-state index contributed by atoms with van der Waals surface area (Å²) in [6.07, 6.45) is 0.640. The summed E-state index contributed by atoms with van der Waals surface area (Å²) in [4.78, 5) is 13.7. The second kappa shape index (κ2) is 5.96. The van der Waals surface area contributed by atoms with Gasteiger partial charge in [0.25, 0.3) is 0 Å². The molecule has 0 aliphatic carbocycles. The number of nitrogens with zero attached hydrogens (tertiary/aromatic N) is 1. The molecule has 0 bridgehead atoms. The molecular formula is C14H21FN2O. The molecule has 1 aromatic rings. The topological polar surface area (TPSA) is 46.3 Å². The molecule has 0 aromatic heterocycles. The van der Waals surface area contributed by atoms with E-state index >= 15 is 0 Å². The maximum Gasteiger partial charge on any atom is 0.229 e. The Balaban J connectivity index is 2.56. The third-order valence-corrected chi connectivity index (χ3v) is 3.06. The molecule has 1 amide bonds. The van der Waals surface area contributed by atoms with Crippen LogP contribution < -0.4 is 5.73 Å². The van der Waals surface area contributed by atoms with Crippen LogP contribution in [-0.4, -0.2) is 30.9 Å². The quantitative estimate of drug-likeness (QED) is 0.868. The Bertz CT molecular complexity index is 418. The lowest BCUT2D eigenvalue weighted by Crippen LogP contribution is -2.43. The number of likely N-dealkylation sites (N-methyl/N-ethyl adjacent to an activating group) is 1. The normalized spacial score (nSPS) is 11.4. The fourth-order valence-electron chi connectivity index (χ4n) is 1.69. The molecule has 18 heavy (non-hydrogen) atoms. The van der Waals surface area contributed by atoms with Gasteiger partial charge >= 0.3 is 0 Å². The number of carbonyl (C=O) groups is 1. The lowest BCUT2D eigenvalue weighted by Gasteiger charge is -2.28. The lowest BCUT2D eigenvalue weighted by atomic mass is 9.92. The zero-order chi connectivity index (χ0) is 13.8. The Morgan fingerprint density at radius 1 is 1.44 bits per heavy atom. The summed E-state index contributed by atoms with van der Waals surface area (Å²) in [6, 6.07) is 6.44. The smallest absolute Gasteiger partial charge is 0.229 e. The maximum atomic E-state index is 13.0. The van der Waals surface area contributed by atoms with Gasteiger partial charge in [0.05, 0.1) is 5.41 Å². The predicted octanol–water partition coefficient (Wildman–Crippen LogP) is 1.81. The molecule has 0 saturated heterocycles. The van der Waals surface area contributed by atoms with E-state index in [0.717, 1.165) is 5.56 Å². The van der Waals surface area contributed by atoms with Crippen LogP contribution >= 0.6 is 0 Å². The van der Waals surface area contributed by atoms with Crippen molar-refractivity contribution in [2.75, 3.05) is 20.1 Å². The Morgan fingerprint density at radius 2 is 2.11 bits per heavy atom. The summed E-state index contributed by atoms with van der Waals surface area (Å²) in [5.41, 5.74) is 5.92. The number of hydrogen-bond acceptors (Lipinski definition) is 2. The van der Waals surface area contributed by atoms with E-state index in [0.29, 0.717) is 19.5 Å². The van der Waals surface area contributed by atoms with Gasteiger partial charge in [-0.3, -0.25) is 4.79 Å². The highest BCUT2D eigenvalue weighted by molar-refractivity contribution is 5.81. The molecule has 0 spiro atoms. The van der Waals surface area contributed by atoms with Gasteiger partial charge < -0.3 is 10.6 Å². The Morgan fingerprint density at radius 3 is 2.67 bits per heavy atom. The van der Waals surface area contributed by atoms with Crippen LogP contribution in [0.2, 0.25) is 0 Å². The van der Waals surface area contributed by atoms with Crippen molar-refractivity contribution in [3.63, 3.8) is 0 Å². The van der Waals surface area contributed by atoms with Gasteiger partial charge in [-0.15, -0.1) is 0 Å². The SMILES string of the molecule is CN(CCc1cccc(F)c1)C(=O)C(C)(C)CN. The number of halogens is 1. The Labute approximate surface area is 108 Å². The zero-order valence-corrected chi connectivity index (χ0v) is 11.2. The van der Waals surface area contributed by atoms with Gasteiger partial charge in [0.15, 0.2) is 0 Å². The van der Waals surface area contributed by atoms with Crippen molar-refractivity contribution in [3.05, 3.63) is 35.6 Å². The van der Waals surface area contributed by atoms with E-state index in [1.165, 1.54) is 12.1 Å². The molecule has 0 fully saturated rings. The average molecular weight is 252 g/mol. The van der Waals surface area contributed by atoms with E-state index in [1.807, 2.05) is 19.9 Å². The first-order valence-corrected chi connectivity index (χ1v) is 6.07. The van der Waals surface area contributed by atoms with Crippen LogP contribution in [0, 0.1) is 11.2 Å². The molecule has 1 aromatic carbocycles. The Kier molecular flexibility index (Phi) is 4.84. The van der Waals surface area contributed by atoms with Gasteiger partial charge in [-0.1, -0.05) is 12.1 Å². The second-order valence-corrected chi connectivity index (χ2v) is 5.19. The molecule has 100 valence electrons. The standard InChI is InChI=1S/C14H21FN2O/c1-14(2,10-16)13(18)17(3)8-7-11-5-4-6-12(15)9-11/h4-6,9H,7-8,10,16H2,1-3H3. The van der Waals surface area contributed by atoms with Crippen molar-refractivity contribution < 1.29 is 9.18 Å². The lowest BCUT2D eigenvalue weighted by molar-refractivity contribution is -0.138. The van der Waals surface area contributed by atoms with E-state index in [-0.39, 0.29) is 11.7 Å². The van der Waals surface area contributed by atoms with Crippen molar-refractivity contribution >= 4 is 5.91 Å². The van der Waals surface area contributed by atoms with Crippen LogP contribution in [-0.2, 0) is 11.2 Å². The zero-order valence-electron chi connectivity index (χ0n) is 11.2. The van der Waals surface area contributed by atoms with E-state index < -0.39 is 5.41 Å². The number of amides is 1. The van der Waals surface area contributed by atoms with Crippen LogP contribution in [0.3, 0.4) is 0 Å². The van der Waals surface area contributed by atoms with Gasteiger partial charge in [-0.25, -0.2) is 4.39 Å². The minimum absolute atomic E-state index is 0.0152. The number of carbonyl (C=O) groups excluding carboxylic acids is 1. The monoisotopic (exact) mass is 252 g/mol. The van der Waals surface area contributed by atoms with Gasteiger partial charge in [0.1, 0.15) is 5.82 Å². The summed E-state index contributed by atoms with van der Waals surface area (Å²) in [7, 11) is 1.75. The molecule has 0 aliphatic rings. The van der Waals surface area contributed by atoms with E-state index in [4.69, 9.17) is 5.73 Å². The third kappa shape index (κ3) is 3.81. The number of nitrogens with two attached hydrogens (primary N) is 1. The Hall–Kier alpha value is -1.42. The van der Waals surface area contributed by atoms with Crippen LogP contribution in [0.25, 0.3) is 0 Å². The molecule has 0 aliphatic heterocycles. The van der Waals surface area contributed by atoms with Gasteiger partial charge in [0.2, 0.25) is 5.91 Å². The maximum absolute atomic E-state index is 13.0. The molecule has 0 unspecified atom stereocenters. The second-order valence-electron chi connectivity index (χ2n) is 5.19. The van der Waals surface area contributed by atoms with Crippen LogP contribution in [0.1, 0.15) is 19.4 Å². The molecule has 1 rings (SSSR count). The summed E-state index contributed by atoms with van der Waals surface area (Å²) in [6.45, 7) is 4.53. The first kappa shape index (κ1) is 14.6. The van der Waals surface area contributed by atoms with Crippen molar-refractivity contribution in [1.29, 1.82) is 0 Å². The number of benzene rings is 1. The molecule has 0 atom stereocenters. The molecule has 3 nitrogen and oxygen atoms in total. The highest BCUT2D eigenvalue weighted by Crippen LogP contribution is 2.16. The molecule has 0 saturated carbocycles. The number of rotatable bonds is 5. The van der Waals surface area contributed by atoms with Crippen molar-refractivity contribution in [3.8, 4) is 0 Å². The highest BCUT2D eigenvalue weighted by atomic mass is 19.1. The van der Waals surface area contributed by atoms with Crippen molar-refractivity contribution in [2.45, 2.75) is 20.3 Å². The minimum Gasteiger partial charge on any atom is -0.345 e. The van der Waals surface area contributed by atoms with E-state index in [1.54, 1.807) is 18.0 Å². The largest absolute Gasteiger partial charge is 0.345 e. The average Bonchev–Trinajstić information content (AvgIpc) is 2.35. The summed E-state index contributed by atoms with van der Waals surface area (Å²) < 4.78 is 13.0. The highest BCUT2D eigenvalue weighted by Gasteiger charge is 2.28. The molecule has 0 radical (unpaired) electrons. The van der Waals surface area contributed by atoms with Crippen LogP contribution in [0.5, 0.6) is 0 Å².